The molecule has 2 rings (SSSR count). The van der Waals surface area contributed by atoms with Gasteiger partial charge < -0.3 is 10.6 Å². The Bertz CT molecular complexity index is 506. The van der Waals surface area contributed by atoms with Crippen LogP contribution in [0.4, 0.5) is 5.69 Å². The first-order valence-corrected chi connectivity index (χ1v) is 8.87. The molecular weight excluding hydrogens is 298 g/mol. The van der Waals surface area contributed by atoms with Gasteiger partial charge >= 0.3 is 0 Å². The molecule has 5 heteroatoms. The van der Waals surface area contributed by atoms with E-state index in [2.05, 4.69) is 55.8 Å². The van der Waals surface area contributed by atoms with Crippen molar-refractivity contribution in [2.75, 3.05) is 30.8 Å². The second kappa shape index (κ2) is 6.99. The molecule has 0 spiro atoms. The van der Waals surface area contributed by atoms with E-state index < -0.39 is 0 Å². The Labute approximate surface area is 137 Å². The lowest BCUT2D eigenvalue weighted by atomic mass is 10.1. The number of piperazine rings is 1. The molecule has 1 aliphatic heterocycles. The third-order valence-corrected chi connectivity index (χ3v) is 5.39. The summed E-state index contributed by atoms with van der Waals surface area (Å²) in [7, 11) is 2.20. The van der Waals surface area contributed by atoms with E-state index in [9.17, 15) is 0 Å². The highest BCUT2D eigenvalue weighted by atomic mass is 32.2. The zero-order valence-electron chi connectivity index (χ0n) is 13.3. The van der Waals surface area contributed by atoms with Crippen molar-refractivity contribution in [3.05, 3.63) is 23.8 Å². The van der Waals surface area contributed by atoms with Crippen molar-refractivity contribution in [1.82, 2.24) is 4.90 Å². The summed E-state index contributed by atoms with van der Waals surface area (Å²) in [5.41, 5.74) is 8.26. The molecule has 1 fully saturated rings. The molecule has 2 N–H and O–H groups in total. The van der Waals surface area contributed by atoms with Gasteiger partial charge in [0.25, 0.3) is 0 Å². The highest BCUT2D eigenvalue weighted by molar-refractivity contribution is 7.99. The van der Waals surface area contributed by atoms with Gasteiger partial charge in [0.2, 0.25) is 0 Å². The minimum absolute atomic E-state index is 0.501. The molecule has 21 heavy (non-hydrogen) atoms. The van der Waals surface area contributed by atoms with E-state index in [0.717, 1.165) is 24.4 Å². The van der Waals surface area contributed by atoms with Gasteiger partial charge in [-0.3, -0.25) is 4.90 Å². The third kappa shape index (κ3) is 3.52. The fourth-order valence-electron chi connectivity index (χ4n) is 2.91. The Morgan fingerprint density at radius 2 is 1.95 bits per heavy atom. The first kappa shape index (κ1) is 16.6. The molecule has 1 aromatic rings. The number of anilines is 1. The van der Waals surface area contributed by atoms with Gasteiger partial charge in [0.1, 0.15) is 4.99 Å². The number of nitrogens with zero attached hydrogens (tertiary/aromatic N) is 2. The minimum atomic E-state index is 0.501. The van der Waals surface area contributed by atoms with Crippen molar-refractivity contribution in [1.29, 1.82) is 0 Å². The molecule has 1 heterocycles. The summed E-state index contributed by atoms with van der Waals surface area (Å²) >= 11 is 7.14. The van der Waals surface area contributed by atoms with Gasteiger partial charge in [-0.2, -0.15) is 0 Å². The lowest BCUT2D eigenvalue weighted by Crippen LogP contribution is -2.55. The first-order chi connectivity index (χ1) is 9.95. The summed E-state index contributed by atoms with van der Waals surface area (Å²) in [4.78, 5) is 6.56. The molecule has 0 aromatic heterocycles. The number of hydrogen-bond donors (Lipinski definition) is 1. The van der Waals surface area contributed by atoms with Crippen LogP contribution in [-0.2, 0) is 0 Å². The number of thioether (sulfide) groups is 1. The first-order valence-electron chi connectivity index (χ1n) is 7.48. The number of benzene rings is 1. The zero-order valence-corrected chi connectivity index (χ0v) is 14.9. The summed E-state index contributed by atoms with van der Waals surface area (Å²) < 4.78 is 0. The van der Waals surface area contributed by atoms with Gasteiger partial charge in [-0.25, -0.2) is 0 Å². The van der Waals surface area contributed by atoms with Gasteiger partial charge in [-0.15, -0.1) is 11.8 Å². The quantitative estimate of drug-likeness (QED) is 0.680. The van der Waals surface area contributed by atoms with Crippen molar-refractivity contribution >= 4 is 34.7 Å². The molecule has 1 saturated heterocycles. The van der Waals surface area contributed by atoms with Gasteiger partial charge in [-0.1, -0.05) is 25.2 Å². The highest BCUT2D eigenvalue weighted by Gasteiger charge is 2.28. The van der Waals surface area contributed by atoms with Crippen LogP contribution in [0.5, 0.6) is 0 Å². The lowest BCUT2D eigenvalue weighted by molar-refractivity contribution is 0.170. The molecule has 0 amide bonds. The molecule has 0 bridgehead atoms. The van der Waals surface area contributed by atoms with E-state index in [-0.39, 0.29) is 0 Å². The average Bonchev–Trinajstić information content (AvgIpc) is 2.44. The Balaban J connectivity index is 2.39. The summed E-state index contributed by atoms with van der Waals surface area (Å²) in [5.74, 6) is 1.02. The van der Waals surface area contributed by atoms with Crippen LogP contribution in [0.1, 0.15) is 26.3 Å². The smallest absolute Gasteiger partial charge is 0.107 e. The Kier molecular flexibility index (Phi) is 5.52. The van der Waals surface area contributed by atoms with Crippen molar-refractivity contribution in [3.8, 4) is 0 Å². The van der Waals surface area contributed by atoms with Crippen LogP contribution in [0.3, 0.4) is 0 Å². The molecule has 1 aromatic carbocycles. The van der Waals surface area contributed by atoms with Crippen LogP contribution in [0.15, 0.2) is 23.1 Å². The van der Waals surface area contributed by atoms with Crippen molar-refractivity contribution in [3.63, 3.8) is 0 Å². The van der Waals surface area contributed by atoms with Crippen LogP contribution >= 0.6 is 24.0 Å². The van der Waals surface area contributed by atoms with E-state index in [4.69, 9.17) is 18.0 Å². The SMILES string of the molecule is CCSc1cccc(N2CC(C)N(C)C(C)C2)c1C(N)=S. The molecule has 1 aliphatic rings. The van der Waals surface area contributed by atoms with Crippen molar-refractivity contribution < 1.29 is 0 Å². The topological polar surface area (TPSA) is 32.5 Å². The van der Waals surface area contributed by atoms with Crippen molar-refractivity contribution in [2.45, 2.75) is 37.8 Å². The number of nitrogens with two attached hydrogens (primary N) is 1. The maximum absolute atomic E-state index is 6.03. The van der Waals surface area contributed by atoms with Crippen LogP contribution in [0.25, 0.3) is 0 Å². The maximum atomic E-state index is 6.03. The molecule has 3 nitrogen and oxygen atoms in total. The third-order valence-electron chi connectivity index (χ3n) is 4.25. The normalized spacial score (nSPS) is 23.3. The number of rotatable bonds is 4. The second-order valence-corrected chi connectivity index (χ2v) is 7.46. The van der Waals surface area contributed by atoms with Gasteiger partial charge in [0, 0.05) is 41.3 Å². The number of hydrogen-bond acceptors (Lipinski definition) is 4. The van der Waals surface area contributed by atoms with E-state index >= 15 is 0 Å². The maximum Gasteiger partial charge on any atom is 0.107 e. The standard InChI is InChI=1S/C16H25N3S2/c1-5-21-14-8-6-7-13(15(14)16(17)20)19-9-11(2)18(4)12(3)10-19/h6-8,11-12H,5,9-10H2,1-4H3,(H2,17,20). The van der Waals surface area contributed by atoms with Gasteiger partial charge in [-0.05, 0) is 38.8 Å². The molecule has 2 unspecified atom stereocenters. The average molecular weight is 324 g/mol. The van der Waals surface area contributed by atoms with E-state index in [1.54, 1.807) is 11.8 Å². The van der Waals surface area contributed by atoms with E-state index in [1.165, 1.54) is 10.6 Å². The summed E-state index contributed by atoms with van der Waals surface area (Å²) in [6.45, 7) is 8.72. The van der Waals surface area contributed by atoms with Crippen LogP contribution in [0, 0.1) is 0 Å². The molecule has 0 radical (unpaired) electrons. The zero-order chi connectivity index (χ0) is 15.6. The highest BCUT2D eigenvalue weighted by Crippen LogP contribution is 2.32. The molecule has 116 valence electrons. The van der Waals surface area contributed by atoms with Crippen LogP contribution in [0.2, 0.25) is 0 Å². The van der Waals surface area contributed by atoms with E-state index in [0.29, 0.717) is 17.1 Å². The molecule has 0 saturated carbocycles. The molecule has 0 aliphatic carbocycles. The van der Waals surface area contributed by atoms with Crippen molar-refractivity contribution in [2.24, 2.45) is 5.73 Å². The predicted octanol–water partition coefficient (Wildman–Crippen LogP) is 2.96. The largest absolute Gasteiger partial charge is 0.389 e. The van der Waals surface area contributed by atoms with Gasteiger partial charge in [0.05, 0.1) is 0 Å². The fourth-order valence-corrected chi connectivity index (χ4v) is 4.03. The van der Waals surface area contributed by atoms with Crippen LogP contribution in [-0.4, -0.2) is 47.9 Å². The summed E-state index contributed by atoms with van der Waals surface area (Å²) in [5, 5.41) is 0. The summed E-state index contributed by atoms with van der Waals surface area (Å²) in [6, 6.07) is 7.43. The second-order valence-electron chi connectivity index (χ2n) is 5.72. The monoisotopic (exact) mass is 323 g/mol. The molecular formula is C16H25N3S2. The van der Waals surface area contributed by atoms with E-state index in [1.807, 2.05) is 0 Å². The Morgan fingerprint density at radius 3 is 2.48 bits per heavy atom. The number of thiocarbonyl (C=S) groups is 1. The molecule has 2 atom stereocenters. The van der Waals surface area contributed by atoms with Crippen LogP contribution < -0.4 is 10.6 Å². The number of likely N-dealkylation sites (N-methyl/N-ethyl adjacent to an activating group) is 1. The summed E-state index contributed by atoms with van der Waals surface area (Å²) in [6.07, 6.45) is 0. The van der Waals surface area contributed by atoms with Gasteiger partial charge in [0.15, 0.2) is 0 Å². The Hall–Kier alpha value is -0.780. The predicted molar refractivity (Wildman–Crippen MR) is 97.6 cm³/mol. The Morgan fingerprint density at radius 1 is 1.33 bits per heavy atom. The minimum Gasteiger partial charge on any atom is -0.389 e. The fraction of sp³-hybridized carbons (Fsp3) is 0.562. The lowest BCUT2D eigenvalue weighted by Gasteiger charge is -2.44.